The van der Waals surface area contributed by atoms with Crippen LogP contribution in [0.5, 0.6) is 0 Å². The van der Waals surface area contributed by atoms with Crippen LogP contribution in [0.2, 0.25) is 0 Å². The Hall–Kier alpha value is -2.14. The Morgan fingerprint density at radius 2 is 1.74 bits per heavy atom. The first-order chi connectivity index (χ1) is 11.3. The molecule has 1 aromatic heterocycles. The molecular weight excluding hydrogens is 286 g/mol. The first-order valence-electron chi connectivity index (χ1n) is 8.44. The summed E-state index contributed by atoms with van der Waals surface area (Å²) in [6.07, 6.45) is 1.87. The molecule has 0 radical (unpaired) electrons. The molecule has 0 bridgehead atoms. The van der Waals surface area contributed by atoms with Gasteiger partial charge in [-0.1, -0.05) is 25.1 Å². The van der Waals surface area contributed by atoms with Gasteiger partial charge in [-0.2, -0.15) is 4.98 Å². The lowest BCUT2D eigenvalue weighted by Crippen LogP contribution is -2.46. The standard InChI is InChI=1S/C18H25N5/c1-3-21-12-14-22(15-13-21)18-19-11-10-17(20-18)23(4-2)16-8-6-5-7-9-16/h5-11H,3-4,12-15H2,1-2H3. The van der Waals surface area contributed by atoms with Crippen molar-refractivity contribution in [1.29, 1.82) is 0 Å². The Morgan fingerprint density at radius 3 is 2.39 bits per heavy atom. The molecule has 1 fully saturated rings. The number of benzene rings is 1. The minimum atomic E-state index is 0.840. The number of para-hydroxylation sites is 1. The van der Waals surface area contributed by atoms with Crippen LogP contribution < -0.4 is 9.80 Å². The number of aromatic nitrogens is 2. The van der Waals surface area contributed by atoms with Crippen LogP contribution in [0.1, 0.15) is 13.8 Å². The van der Waals surface area contributed by atoms with E-state index in [1.807, 2.05) is 18.3 Å². The molecule has 1 aliphatic rings. The molecule has 3 rings (SSSR count). The summed E-state index contributed by atoms with van der Waals surface area (Å²) >= 11 is 0. The highest BCUT2D eigenvalue weighted by Gasteiger charge is 2.19. The van der Waals surface area contributed by atoms with Crippen molar-refractivity contribution in [2.75, 3.05) is 49.1 Å². The zero-order chi connectivity index (χ0) is 16.1. The average molecular weight is 311 g/mol. The third-order valence-corrected chi connectivity index (χ3v) is 4.39. The molecule has 0 aliphatic carbocycles. The van der Waals surface area contributed by atoms with Gasteiger partial charge >= 0.3 is 0 Å². The van der Waals surface area contributed by atoms with Crippen LogP contribution in [0.25, 0.3) is 0 Å². The number of likely N-dealkylation sites (N-methyl/N-ethyl adjacent to an activating group) is 1. The highest BCUT2D eigenvalue weighted by molar-refractivity contribution is 5.60. The van der Waals surface area contributed by atoms with Gasteiger partial charge in [0.15, 0.2) is 0 Å². The number of nitrogens with zero attached hydrogens (tertiary/aromatic N) is 5. The molecule has 1 saturated heterocycles. The fraction of sp³-hybridized carbons (Fsp3) is 0.444. The molecule has 5 heteroatoms. The van der Waals surface area contributed by atoms with Gasteiger partial charge in [0, 0.05) is 44.6 Å². The number of anilines is 3. The molecule has 1 aromatic carbocycles. The van der Waals surface area contributed by atoms with Crippen LogP contribution in [-0.2, 0) is 0 Å². The fourth-order valence-corrected chi connectivity index (χ4v) is 2.99. The molecule has 0 unspecified atom stereocenters. The van der Waals surface area contributed by atoms with Crippen molar-refractivity contribution < 1.29 is 0 Å². The molecule has 0 amide bonds. The molecule has 0 spiro atoms. The summed E-state index contributed by atoms with van der Waals surface area (Å²) in [6.45, 7) is 10.5. The Morgan fingerprint density at radius 1 is 1.00 bits per heavy atom. The molecule has 0 atom stereocenters. The molecule has 23 heavy (non-hydrogen) atoms. The van der Waals surface area contributed by atoms with Crippen molar-refractivity contribution >= 4 is 17.5 Å². The van der Waals surface area contributed by atoms with E-state index in [1.54, 1.807) is 0 Å². The first-order valence-corrected chi connectivity index (χ1v) is 8.44. The van der Waals surface area contributed by atoms with E-state index < -0.39 is 0 Å². The van der Waals surface area contributed by atoms with Crippen LogP contribution in [0, 0.1) is 0 Å². The van der Waals surface area contributed by atoms with E-state index in [1.165, 1.54) is 0 Å². The molecule has 2 aromatic rings. The minimum Gasteiger partial charge on any atom is -0.338 e. The van der Waals surface area contributed by atoms with E-state index >= 15 is 0 Å². The Labute approximate surface area is 138 Å². The van der Waals surface area contributed by atoms with Gasteiger partial charge in [0.1, 0.15) is 5.82 Å². The van der Waals surface area contributed by atoms with Gasteiger partial charge in [0.2, 0.25) is 5.95 Å². The monoisotopic (exact) mass is 311 g/mol. The summed E-state index contributed by atoms with van der Waals surface area (Å²) in [4.78, 5) is 16.3. The number of hydrogen-bond acceptors (Lipinski definition) is 5. The van der Waals surface area contributed by atoms with Crippen LogP contribution in [-0.4, -0.2) is 54.1 Å². The maximum atomic E-state index is 4.82. The van der Waals surface area contributed by atoms with E-state index in [-0.39, 0.29) is 0 Å². The molecule has 122 valence electrons. The predicted molar refractivity (Wildman–Crippen MR) is 95.5 cm³/mol. The molecule has 5 nitrogen and oxygen atoms in total. The molecular formula is C18H25N5. The van der Waals surface area contributed by atoms with Crippen molar-refractivity contribution in [2.45, 2.75) is 13.8 Å². The Bertz CT molecular complexity index is 608. The maximum Gasteiger partial charge on any atom is 0.227 e. The zero-order valence-corrected chi connectivity index (χ0v) is 14.0. The van der Waals surface area contributed by atoms with E-state index in [0.717, 1.165) is 56.7 Å². The molecule has 1 aliphatic heterocycles. The molecule has 2 heterocycles. The minimum absolute atomic E-state index is 0.840. The summed E-state index contributed by atoms with van der Waals surface area (Å²) in [7, 11) is 0. The summed E-state index contributed by atoms with van der Waals surface area (Å²) in [5.74, 6) is 1.80. The van der Waals surface area contributed by atoms with E-state index in [0.29, 0.717) is 0 Å². The van der Waals surface area contributed by atoms with Crippen LogP contribution in [0.4, 0.5) is 17.5 Å². The molecule has 0 saturated carbocycles. The van der Waals surface area contributed by atoms with Gasteiger partial charge in [-0.3, -0.25) is 0 Å². The number of piperazine rings is 1. The number of rotatable bonds is 5. The second-order valence-electron chi connectivity index (χ2n) is 5.72. The lowest BCUT2D eigenvalue weighted by Gasteiger charge is -2.34. The van der Waals surface area contributed by atoms with Gasteiger partial charge in [-0.05, 0) is 31.7 Å². The summed E-state index contributed by atoms with van der Waals surface area (Å²) in [5.41, 5.74) is 1.16. The zero-order valence-electron chi connectivity index (χ0n) is 14.0. The molecule has 0 N–H and O–H groups in total. The van der Waals surface area contributed by atoms with Crippen molar-refractivity contribution in [1.82, 2.24) is 14.9 Å². The summed E-state index contributed by atoms with van der Waals surface area (Å²) in [6, 6.07) is 12.4. The second kappa shape index (κ2) is 7.42. The van der Waals surface area contributed by atoms with Gasteiger partial charge in [-0.15, -0.1) is 0 Å². The van der Waals surface area contributed by atoms with Crippen LogP contribution >= 0.6 is 0 Å². The number of hydrogen-bond donors (Lipinski definition) is 0. The summed E-state index contributed by atoms with van der Waals surface area (Å²) in [5, 5.41) is 0. The van der Waals surface area contributed by atoms with Crippen molar-refractivity contribution in [3.8, 4) is 0 Å². The van der Waals surface area contributed by atoms with Crippen molar-refractivity contribution in [3.63, 3.8) is 0 Å². The van der Waals surface area contributed by atoms with E-state index in [4.69, 9.17) is 4.98 Å². The average Bonchev–Trinajstić information content (AvgIpc) is 2.64. The smallest absolute Gasteiger partial charge is 0.227 e. The Balaban J connectivity index is 1.79. The summed E-state index contributed by atoms with van der Waals surface area (Å²) < 4.78 is 0. The lowest BCUT2D eigenvalue weighted by molar-refractivity contribution is 0.270. The van der Waals surface area contributed by atoms with E-state index in [2.05, 4.69) is 57.8 Å². The topological polar surface area (TPSA) is 35.5 Å². The van der Waals surface area contributed by atoms with Crippen molar-refractivity contribution in [2.24, 2.45) is 0 Å². The first kappa shape index (κ1) is 15.7. The second-order valence-corrected chi connectivity index (χ2v) is 5.72. The predicted octanol–water partition coefficient (Wildman–Crippen LogP) is 2.78. The van der Waals surface area contributed by atoms with Crippen LogP contribution in [0.15, 0.2) is 42.6 Å². The highest BCUT2D eigenvalue weighted by atomic mass is 15.3. The van der Waals surface area contributed by atoms with E-state index in [9.17, 15) is 0 Å². The fourth-order valence-electron chi connectivity index (χ4n) is 2.99. The highest BCUT2D eigenvalue weighted by Crippen LogP contribution is 2.24. The van der Waals surface area contributed by atoms with Gasteiger partial charge < -0.3 is 14.7 Å². The van der Waals surface area contributed by atoms with Crippen molar-refractivity contribution in [3.05, 3.63) is 42.6 Å². The quantitative estimate of drug-likeness (QED) is 0.848. The Kier molecular flexibility index (Phi) is 5.08. The van der Waals surface area contributed by atoms with Gasteiger partial charge in [0.05, 0.1) is 0 Å². The third kappa shape index (κ3) is 3.62. The normalized spacial score (nSPS) is 15.7. The largest absolute Gasteiger partial charge is 0.338 e. The van der Waals surface area contributed by atoms with Gasteiger partial charge in [-0.25, -0.2) is 4.98 Å². The maximum absolute atomic E-state index is 4.82. The van der Waals surface area contributed by atoms with Gasteiger partial charge in [0.25, 0.3) is 0 Å². The third-order valence-electron chi connectivity index (χ3n) is 4.39. The SMILES string of the molecule is CCN1CCN(c2nccc(N(CC)c3ccccc3)n2)CC1. The van der Waals surface area contributed by atoms with Crippen LogP contribution in [0.3, 0.4) is 0 Å². The lowest BCUT2D eigenvalue weighted by atomic mass is 10.3.